The van der Waals surface area contributed by atoms with Gasteiger partial charge in [0.05, 0.1) is 6.54 Å². The number of aryl methyl sites for hydroxylation is 1. The highest BCUT2D eigenvalue weighted by Crippen LogP contribution is 2.33. The van der Waals surface area contributed by atoms with Gasteiger partial charge in [0.25, 0.3) is 5.92 Å². The van der Waals surface area contributed by atoms with Gasteiger partial charge in [-0.1, -0.05) is 6.07 Å². The highest BCUT2D eigenvalue weighted by molar-refractivity contribution is 5.68. The van der Waals surface area contributed by atoms with Gasteiger partial charge in [-0.2, -0.15) is 0 Å². The third-order valence-electron chi connectivity index (χ3n) is 3.82. The standard InChI is InChI=1S/C17H25F2N3O2/c1-12-6-5-7-14(21-12)20-10-13-8-9-22(11-17(13,18)19)15(23)24-16(2,3)4/h5-7,13H,8-11H2,1-4H3,(H,20,21). The number of piperidine rings is 1. The van der Waals surface area contributed by atoms with Crippen LogP contribution in [0.3, 0.4) is 0 Å². The van der Waals surface area contributed by atoms with Crippen molar-refractivity contribution in [2.75, 3.05) is 25.0 Å². The summed E-state index contributed by atoms with van der Waals surface area (Å²) in [4.78, 5) is 17.3. The monoisotopic (exact) mass is 341 g/mol. The maximum atomic E-state index is 14.4. The molecule has 0 bridgehead atoms. The Kier molecular flexibility index (Phi) is 5.30. The molecule has 1 aliphatic heterocycles. The van der Waals surface area contributed by atoms with Gasteiger partial charge in [-0.25, -0.2) is 18.6 Å². The lowest BCUT2D eigenvalue weighted by molar-refractivity contribution is -0.106. The van der Waals surface area contributed by atoms with Gasteiger partial charge in [-0.3, -0.25) is 0 Å². The third-order valence-corrected chi connectivity index (χ3v) is 3.82. The summed E-state index contributed by atoms with van der Waals surface area (Å²) in [6.45, 7) is 6.76. The molecule has 1 aromatic heterocycles. The quantitative estimate of drug-likeness (QED) is 0.911. The molecule has 7 heteroatoms. The first-order chi connectivity index (χ1) is 11.1. The van der Waals surface area contributed by atoms with Crippen LogP contribution in [0, 0.1) is 12.8 Å². The minimum atomic E-state index is -2.97. The molecular formula is C17H25F2N3O2. The zero-order valence-electron chi connectivity index (χ0n) is 14.6. The van der Waals surface area contributed by atoms with Crippen molar-refractivity contribution in [3.63, 3.8) is 0 Å². The average molecular weight is 341 g/mol. The summed E-state index contributed by atoms with van der Waals surface area (Å²) in [5, 5.41) is 2.97. The molecule has 2 heterocycles. The number of carbonyl (C=O) groups is 1. The summed E-state index contributed by atoms with van der Waals surface area (Å²) < 4.78 is 33.9. The number of hydrogen-bond donors (Lipinski definition) is 1. The Morgan fingerprint density at radius 2 is 2.17 bits per heavy atom. The molecule has 1 unspecified atom stereocenters. The summed E-state index contributed by atoms with van der Waals surface area (Å²) >= 11 is 0. The van der Waals surface area contributed by atoms with E-state index in [-0.39, 0.29) is 19.5 Å². The molecule has 0 aliphatic carbocycles. The maximum absolute atomic E-state index is 14.4. The number of alkyl halides is 2. The Morgan fingerprint density at radius 1 is 1.46 bits per heavy atom. The summed E-state index contributed by atoms with van der Waals surface area (Å²) in [6.07, 6.45) is -0.473. The number of hydrogen-bond acceptors (Lipinski definition) is 4. The minimum absolute atomic E-state index is 0.117. The Balaban J connectivity index is 1.92. The number of pyridine rings is 1. The molecule has 1 N–H and O–H groups in total. The van der Waals surface area contributed by atoms with Gasteiger partial charge in [0.2, 0.25) is 0 Å². The third kappa shape index (κ3) is 5.04. The molecular weight excluding hydrogens is 316 g/mol. The van der Waals surface area contributed by atoms with E-state index in [1.54, 1.807) is 26.8 Å². The van der Waals surface area contributed by atoms with Crippen molar-refractivity contribution in [2.24, 2.45) is 5.92 Å². The van der Waals surface area contributed by atoms with Crippen LogP contribution in [-0.4, -0.2) is 47.1 Å². The van der Waals surface area contributed by atoms with Gasteiger partial charge in [-0.05, 0) is 46.2 Å². The van der Waals surface area contributed by atoms with E-state index in [1.807, 2.05) is 19.1 Å². The van der Waals surface area contributed by atoms with Crippen molar-refractivity contribution >= 4 is 11.9 Å². The van der Waals surface area contributed by atoms with Crippen molar-refractivity contribution in [1.29, 1.82) is 0 Å². The van der Waals surface area contributed by atoms with E-state index in [2.05, 4.69) is 10.3 Å². The van der Waals surface area contributed by atoms with E-state index >= 15 is 0 Å². The molecule has 5 nitrogen and oxygen atoms in total. The number of amides is 1. The molecule has 134 valence electrons. The molecule has 1 saturated heterocycles. The number of ether oxygens (including phenoxy) is 1. The topological polar surface area (TPSA) is 54.5 Å². The summed E-state index contributed by atoms with van der Waals surface area (Å²) in [5.41, 5.74) is 0.133. The van der Waals surface area contributed by atoms with Crippen LogP contribution >= 0.6 is 0 Å². The number of anilines is 1. The van der Waals surface area contributed by atoms with Gasteiger partial charge >= 0.3 is 6.09 Å². The smallest absolute Gasteiger partial charge is 0.410 e. The minimum Gasteiger partial charge on any atom is -0.444 e. The molecule has 1 aromatic rings. The van der Waals surface area contributed by atoms with E-state index in [9.17, 15) is 13.6 Å². The van der Waals surface area contributed by atoms with Crippen molar-refractivity contribution < 1.29 is 18.3 Å². The fourth-order valence-corrected chi connectivity index (χ4v) is 2.59. The van der Waals surface area contributed by atoms with Crippen LogP contribution < -0.4 is 5.32 Å². The Hall–Kier alpha value is -1.92. The second kappa shape index (κ2) is 6.91. The first-order valence-electron chi connectivity index (χ1n) is 8.10. The number of aromatic nitrogens is 1. The Bertz CT molecular complexity index is 587. The number of carbonyl (C=O) groups excluding carboxylic acids is 1. The van der Waals surface area contributed by atoms with E-state index in [1.165, 1.54) is 0 Å². The predicted molar refractivity (Wildman–Crippen MR) is 88.3 cm³/mol. The normalized spacial score (nSPS) is 20.6. The second-order valence-corrected chi connectivity index (χ2v) is 7.19. The molecule has 1 amide bonds. The van der Waals surface area contributed by atoms with Crippen LogP contribution in [-0.2, 0) is 4.74 Å². The molecule has 2 rings (SSSR count). The largest absolute Gasteiger partial charge is 0.444 e. The zero-order valence-corrected chi connectivity index (χ0v) is 14.6. The van der Waals surface area contributed by atoms with Crippen LogP contribution in [0.5, 0.6) is 0 Å². The molecule has 0 saturated carbocycles. The number of halogens is 2. The Morgan fingerprint density at radius 3 is 2.75 bits per heavy atom. The molecule has 1 atom stereocenters. The van der Waals surface area contributed by atoms with Crippen molar-refractivity contribution in [1.82, 2.24) is 9.88 Å². The summed E-state index contributed by atoms with van der Waals surface area (Å²) in [6, 6.07) is 5.42. The SMILES string of the molecule is Cc1cccc(NCC2CCN(C(=O)OC(C)(C)C)CC2(F)F)n1. The maximum Gasteiger partial charge on any atom is 0.410 e. The lowest BCUT2D eigenvalue weighted by Gasteiger charge is -2.38. The van der Waals surface area contributed by atoms with Crippen LogP contribution in [0.15, 0.2) is 18.2 Å². The molecule has 0 spiro atoms. The number of nitrogens with one attached hydrogen (secondary N) is 1. The highest BCUT2D eigenvalue weighted by Gasteiger charge is 2.46. The first-order valence-corrected chi connectivity index (χ1v) is 8.10. The molecule has 1 aliphatic rings. The van der Waals surface area contributed by atoms with Gasteiger partial charge in [0, 0.05) is 24.7 Å². The van der Waals surface area contributed by atoms with E-state index in [4.69, 9.17) is 4.74 Å². The lowest BCUT2D eigenvalue weighted by atomic mass is 9.93. The molecule has 0 aromatic carbocycles. The average Bonchev–Trinajstić information content (AvgIpc) is 2.43. The molecule has 1 fully saturated rings. The van der Waals surface area contributed by atoms with Gasteiger partial charge < -0.3 is 15.0 Å². The van der Waals surface area contributed by atoms with Crippen molar-refractivity contribution in [3.8, 4) is 0 Å². The fraction of sp³-hybridized carbons (Fsp3) is 0.647. The summed E-state index contributed by atoms with van der Waals surface area (Å²) in [5.74, 6) is -3.23. The van der Waals surface area contributed by atoms with E-state index < -0.39 is 30.1 Å². The van der Waals surface area contributed by atoms with Crippen LogP contribution in [0.2, 0.25) is 0 Å². The van der Waals surface area contributed by atoms with Crippen molar-refractivity contribution in [2.45, 2.75) is 45.6 Å². The fourth-order valence-electron chi connectivity index (χ4n) is 2.59. The second-order valence-electron chi connectivity index (χ2n) is 7.19. The van der Waals surface area contributed by atoms with E-state index in [0.29, 0.717) is 5.82 Å². The van der Waals surface area contributed by atoms with Crippen LogP contribution in [0.1, 0.15) is 32.9 Å². The first kappa shape index (κ1) is 18.4. The van der Waals surface area contributed by atoms with Crippen LogP contribution in [0.4, 0.5) is 19.4 Å². The van der Waals surface area contributed by atoms with Crippen LogP contribution in [0.25, 0.3) is 0 Å². The molecule has 24 heavy (non-hydrogen) atoms. The number of nitrogens with zero attached hydrogens (tertiary/aromatic N) is 2. The summed E-state index contributed by atoms with van der Waals surface area (Å²) in [7, 11) is 0. The molecule has 0 radical (unpaired) electrons. The van der Waals surface area contributed by atoms with Crippen molar-refractivity contribution in [3.05, 3.63) is 23.9 Å². The zero-order chi connectivity index (χ0) is 18.0. The highest BCUT2D eigenvalue weighted by atomic mass is 19.3. The van der Waals surface area contributed by atoms with Gasteiger partial charge in [-0.15, -0.1) is 0 Å². The lowest BCUT2D eigenvalue weighted by Crippen LogP contribution is -2.53. The number of rotatable bonds is 3. The van der Waals surface area contributed by atoms with E-state index in [0.717, 1.165) is 10.6 Å². The number of likely N-dealkylation sites (tertiary alicyclic amines) is 1. The Labute approximate surface area is 141 Å². The predicted octanol–water partition coefficient (Wildman–Crippen LogP) is 3.69. The van der Waals surface area contributed by atoms with Gasteiger partial charge in [0.1, 0.15) is 11.4 Å². The van der Waals surface area contributed by atoms with Gasteiger partial charge in [0.15, 0.2) is 0 Å².